The molecule has 1 atom stereocenters. The first-order chi connectivity index (χ1) is 15.0. The summed E-state index contributed by atoms with van der Waals surface area (Å²) in [7, 11) is 0. The molecular weight excluding hydrogens is 408 g/mol. The smallest absolute Gasteiger partial charge is 0.242 e. The first-order valence-corrected chi connectivity index (χ1v) is 10.8. The van der Waals surface area contributed by atoms with E-state index in [0.717, 1.165) is 23.1 Å². The molecule has 5 heteroatoms. The van der Waals surface area contributed by atoms with Crippen molar-refractivity contribution < 1.29 is 9.59 Å². The van der Waals surface area contributed by atoms with Crippen molar-refractivity contribution in [2.24, 2.45) is 0 Å². The Labute approximate surface area is 188 Å². The third-order valence-corrected chi connectivity index (χ3v) is 5.44. The minimum atomic E-state index is -0.595. The quantitative estimate of drug-likeness (QED) is 0.532. The van der Waals surface area contributed by atoms with Crippen molar-refractivity contribution >= 4 is 23.4 Å². The van der Waals surface area contributed by atoms with Gasteiger partial charge in [0.15, 0.2) is 0 Å². The summed E-state index contributed by atoms with van der Waals surface area (Å²) in [5, 5.41) is 3.61. The fraction of sp³-hybridized carbons (Fsp3) is 0.231. The molecule has 0 aliphatic carbocycles. The van der Waals surface area contributed by atoms with Crippen LogP contribution in [-0.4, -0.2) is 29.3 Å². The summed E-state index contributed by atoms with van der Waals surface area (Å²) in [6.07, 6.45) is 0.991. The highest BCUT2D eigenvalue weighted by Gasteiger charge is 2.26. The van der Waals surface area contributed by atoms with E-state index < -0.39 is 6.04 Å². The molecule has 0 saturated carbocycles. The minimum absolute atomic E-state index is 0.0909. The third-order valence-electron chi connectivity index (χ3n) is 5.19. The SMILES string of the molecule is C[C@H](C(=O)NCCc1ccccc1)N(Cc1ccc(Cl)cc1)C(=O)Cc1ccccc1. The molecule has 160 valence electrons. The second-order valence-corrected chi connectivity index (χ2v) is 7.95. The van der Waals surface area contributed by atoms with Gasteiger partial charge in [-0.3, -0.25) is 9.59 Å². The zero-order valence-electron chi connectivity index (χ0n) is 17.6. The number of carbonyl (C=O) groups is 2. The van der Waals surface area contributed by atoms with Crippen LogP contribution in [0.15, 0.2) is 84.9 Å². The molecule has 0 saturated heterocycles. The van der Waals surface area contributed by atoms with E-state index in [-0.39, 0.29) is 18.2 Å². The Morgan fingerprint density at radius 3 is 2.03 bits per heavy atom. The highest BCUT2D eigenvalue weighted by molar-refractivity contribution is 6.30. The molecule has 0 radical (unpaired) electrons. The van der Waals surface area contributed by atoms with E-state index in [2.05, 4.69) is 5.32 Å². The first kappa shape index (κ1) is 22.6. The highest BCUT2D eigenvalue weighted by atomic mass is 35.5. The Kier molecular flexibility index (Phi) is 8.25. The zero-order chi connectivity index (χ0) is 22.1. The monoisotopic (exact) mass is 434 g/mol. The van der Waals surface area contributed by atoms with Gasteiger partial charge in [0, 0.05) is 18.1 Å². The summed E-state index contributed by atoms with van der Waals surface area (Å²) in [6.45, 7) is 2.64. The second-order valence-electron chi connectivity index (χ2n) is 7.51. The zero-order valence-corrected chi connectivity index (χ0v) is 18.4. The fourth-order valence-corrected chi connectivity index (χ4v) is 3.49. The van der Waals surface area contributed by atoms with Crippen LogP contribution in [0.1, 0.15) is 23.6 Å². The number of rotatable bonds is 9. The molecule has 0 aliphatic heterocycles. The van der Waals surface area contributed by atoms with Crippen LogP contribution in [0.3, 0.4) is 0 Å². The Morgan fingerprint density at radius 1 is 0.839 bits per heavy atom. The number of hydrogen-bond donors (Lipinski definition) is 1. The Balaban J connectivity index is 1.68. The summed E-state index contributed by atoms with van der Waals surface area (Å²) >= 11 is 5.99. The summed E-state index contributed by atoms with van der Waals surface area (Å²) in [4.78, 5) is 27.6. The van der Waals surface area contributed by atoms with Crippen LogP contribution in [0, 0.1) is 0 Å². The molecule has 31 heavy (non-hydrogen) atoms. The third kappa shape index (κ3) is 6.97. The number of halogens is 1. The van der Waals surface area contributed by atoms with Crippen LogP contribution in [0.2, 0.25) is 5.02 Å². The molecule has 0 aliphatic rings. The van der Waals surface area contributed by atoms with Gasteiger partial charge in [-0.1, -0.05) is 84.4 Å². The van der Waals surface area contributed by atoms with Gasteiger partial charge in [-0.2, -0.15) is 0 Å². The van der Waals surface area contributed by atoms with E-state index in [0.29, 0.717) is 18.1 Å². The van der Waals surface area contributed by atoms with Gasteiger partial charge in [0.25, 0.3) is 0 Å². The standard InChI is InChI=1S/C26H27ClN2O2/c1-20(26(31)28-17-16-21-8-4-2-5-9-21)29(19-23-12-14-24(27)15-13-23)25(30)18-22-10-6-3-7-11-22/h2-15,20H,16-19H2,1H3,(H,28,31)/t20-/m1/s1. The van der Waals surface area contributed by atoms with Crippen LogP contribution >= 0.6 is 11.6 Å². The lowest BCUT2D eigenvalue weighted by Crippen LogP contribution is -2.48. The molecule has 0 heterocycles. The van der Waals surface area contributed by atoms with Gasteiger partial charge in [0.2, 0.25) is 11.8 Å². The Morgan fingerprint density at radius 2 is 1.42 bits per heavy atom. The molecule has 3 aromatic rings. The molecule has 0 unspecified atom stereocenters. The predicted octanol–water partition coefficient (Wildman–Crippen LogP) is 4.66. The molecule has 2 amide bonds. The number of nitrogens with one attached hydrogen (secondary N) is 1. The van der Waals surface area contributed by atoms with Crippen LogP contribution in [0.25, 0.3) is 0 Å². The number of carbonyl (C=O) groups excluding carboxylic acids is 2. The maximum absolute atomic E-state index is 13.1. The molecular formula is C26H27ClN2O2. The van der Waals surface area contributed by atoms with E-state index in [9.17, 15) is 9.59 Å². The van der Waals surface area contributed by atoms with E-state index >= 15 is 0 Å². The predicted molar refractivity (Wildman–Crippen MR) is 125 cm³/mol. The van der Waals surface area contributed by atoms with Crippen molar-refractivity contribution in [3.63, 3.8) is 0 Å². The van der Waals surface area contributed by atoms with Crippen molar-refractivity contribution in [2.75, 3.05) is 6.54 Å². The number of amides is 2. The average molecular weight is 435 g/mol. The number of benzene rings is 3. The summed E-state index contributed by atoms with van der Waals surface area (Å²) < 4.78 is 0. The lowest BCUT2D eigenvalue weighted by molar-refractivity contribution is -0.140. The average Bonchev–Trinajstić information content (AvgIpc) is 2.79. The molecule has 0 bridgehead atoms. The van der Waals surface area contributed by atoms with Crippen LogP contribution in [0.5, 0.6) is 0 Å². The maximum Gasteiger partial charge on any atom is 0.242 e. The van der Waals surface area contributed by atoms with Crippen molar-refractivity contribution in [3.8, 4) is 0 Å². The number of hydrogen-bond acceptors (Lipinski definition) is 2. The first-order valence-electron chi connectivity index (χ1n) is 10.4. The van der Waals surface area contributed by atoms with Gasteiger partial charge in [-0.15, -0.1) is 0 Å². The van der Waals surface area contributed by atoms with Gasteiger partial charge < -0.3 is 10.2 Å². The van der Waals surface area contributed by atoms with Crippen LogP contribution in [0.4, 0.5) is 0 Å². The van der Waals surface area contributed by atoms with Gasteiger partial charge in [0.05, 0.1) is 6.42 Å². The largest absolute Gasteiger partial charge is 0.354 e. The molecule has 0 spiro atoms. The molecule has 1 N–H and O–H groups in total. The number of nitrogens with zero attached hydrogens (tertiary/aromatic N) is 1. The molecule has 0 aromatic heterocycles. The molecule has 0 fully saturated rings. The fourth-order valence-electron chi connectivity index (χ4n) is 3.36. The lowest BCUT2D eigenvalue weighted by Gasteiger charge is -2.29. The van der Waals surface area contributed by atoms with Gasteiger partial charge in [0.1, 0.15) is 6.04 Å². The Bertz CT molecular complexity index is 975. The second kappa shape index (κ2) is 11.3. The van der Waals surface area contributed by atoms with E-state index in [1.807, 2.05) is 72.8 Å². The van der Waals surface area contributed by atoms with Gasteiger partial charge in [-0.25, -0.2) is 0 Å². The lowest BCUT2D eigenvalue weighted by atomic mass is 10.1. The maximum atomic E-state index is 13.1. The summed E-state index contributed by atoms with van der Waals surface area (Å²) in [5.74, 6) is -0.252. The van der Waals surface area contributed by atoms with E-state index in [1.165, 1.54) is 0 Å². The van der Waals surface area contributed by atoms with Gasteiger partial charge >= 0.3 is 0 Å². The summed E-state index contributed by atoms with van der Waals surface area (Å²) in [6, 6.07) is 26.3. The Hall–Kier alpha value is -3.11. The van der Waals surface area contributed by atoms with Crippen LogP contribution < -0.4 is 5.32 Å². The van der Waals surface area contributed by atoms with Crippen molar-refractivity contribution in [2.45, 2.75) is 32.4 Å². The molecule has 3 aromatic carbocycles. The van der Waals surface area contributed by atoms with Crippen molar-refractivity contribution in [1.29, 1.82) is 0 Å². The van der Waals surface area contributed by atoms with Crippen LogP contribution in [-0.2, 0) is 29.0 Å². The van der Waals surface area contributed by atoms with Crippen molar-refractivity contribution in [1.82, 2.24) is 10.2 Å². The van der Waals surface area contributed by atoms with Crippen molar-refractivity contribution in [3.05, 3.63) is 107 Å². The molecule has 4 nitrogen and oxygen atoms in total. The molecule has 3 rings (SSSR count). The topological polar surface area (TPSA) is 49.4 Å². The minimum Gasteiger partial charge on any atom is -0.354 e. The normalized spacial score (nSPS) is 11.5. The van der Waals surface area contributed by atoms with E-state index in [1.54, 1.807) is 24.0 Å². The van der Waals surface area contributed by atoms with E-state index in [4.69, 9.17) is 11.6 Å². The summed E-state index contributed by atoms with van der Waals surface area (Å²) in [5.41, 5.74) is 3.01. The highest BCUT2D eigenvalue weighted by Crippen LogP contribution is 2.15. The van der Waals surface area contributed by atoms with Gasteiger partial charge in [-0.05, 0) is 42.2 Å².